The van der Waals surface area contributed by atoms with E-state index in [-0.39, 0.29) is 30.7 Å². The van der Waals surface area contributed by atoms with Crippen LogP contribution in [0.4, 0.5) is 10.1 Å². The third-order valence-corrected chi connectivity index (χ3v) is 6.06. The molecule has 0 fully saturated rings. The number of nitrogens with one attached hydrogen (secondary N) is 1. The Morgan fingerprint density at radius 2 is 2.06 bits per heavy atom. The molecule has 0 saturated heterocycles. The second-order valence-corrected chi connectivity index (χ2v) is 8.01. The van der Waals surface area contributed by atoms with Gasteiger partial charge in [-0.05, 0) is 42.3 Å². The second-order valence-electron chi connectivity index (χ2n) is 7.10. The zero-order chi connectivity index (χ0) is 22.0. The highest BCUT2D eigenvalue weighted by Crippen LogP contribution is 2.47. The lowest BCUT2D eigenvalue weighted by Crippen LogP contribution is -2.22. The van der Waals surface area contributed by atoms with E-state index in [1.165, 1.54) is 23.5 Å². The Morgan fingerprint density at radius 3 is 2.81 bits per heavy atom. The van der Waals surface area contributed by atoms with Crippen molar-refractivity contribution in [2.24, 2.45) is 5.73 Å². The number of carbonyl (C=O) groups is 2. The number of thiophene rings is 1. The van der Waals surface area contributed by atoms with Crippen LogP contribution in [-0.2, 0) is 9.59 Å². The topological polar surface area (TPSA) is 90.7 Å². The van der Waals surface area contributed by atoms with E-state index in [0.29, 0.717) is 29.4 Å². The van der Waals surface area contributed by atoms with Crippen LogP contribution in [0.15, 0.2) is 47.8 Å². The summed E-state index contributed by atoms with van der Waals surface area (Å²) >= 11 is 1.52. The molecule has 31 heavy (non-hydrogen) atoms. The molecule has 2 aromatic carbocycles. The number of nitrogens with two attached hydrogens (primary N) is 1. The number of benzene rings is 2. The summed E-state index contributed by atoms with van der Waals surface area (Å²) in [6, 6.07) is 11.7. The summed E-state index contributed by atoms with van der Waals surface area (Å²) in [5, 5.41) is 4.89. The van der Waals surface area contributed by atoms with Crippen LogP contribution < -0.4 is 20.5 Å². The van der Waals surface area contributed by atoms with Gasteiger partial charge in [0.2, 0.25) is 5.91 Å². The normalized spacial score (nSPS) is 15.2. The van der Waals surface area contributed by atoms with Gasteiger partial charge in [0.1, 0.15) is 5.82 Å². The van der Waals surface area contributed by atoms with Crippen LogP contribution in [0.3, 0.4) is 0 Å². The number of amides is 2. The lowest BCUT2D eigenvalue weighted by molar-refractivity contribution is -0.120. The molecule has 4 rings (SSSR count). The van der Waals surface area contributed by atoms with Gasteiger partial charge in [-0.2, -0.15) is 0 Å². The van der Waals surface area contributed by atoms with Crippen molar-refractivity contribution >= 4 is 28.8 Å². The summed E-state index contributed by atoms with van der Waals surface area (Å²) in [7, 11) is 0. The number of halogens is 1. The molecule has 0 bridgehead atoms. The van der Waals surface area contributed by atoms with Crippen LogP contribution in [0.25, 0.3) is 11.1 Å². The van der Waals surface area contributed by atoms with E-state index < -0.39 is 5.91 Å². The van der Waals surface area contributed by atoms with Gasteiger partial charge in [-0.1, -0.05) is 18.2 Å². The fourth-order valence-corrected chi connectivity index (χ4v) is 4.80. The molecule has 3 aromatic rings. The minimum Gasteiger partial charge on any atom is -0.490 e. The van der Waals surface area contributed by atoms with Crippen molar-refractivity contribution in [2.75, 3.05) is 18.5 Å². The molecule has 0 saturated carbocycles. The molecule has 2 heterocycles. The number of anilines is 1. The first-order valence-electron chi connectivity index (χ1n) is 9.81. The predicted octanol–water partition coefficient (Wildman–Crippen LogP) is 4.29. The number of hydrogen-bond donors (Lipinski definition) is 2. The van der Waals surface area contributed by atoms with E-state index in [9.17, 15) is 14.0 Å². The molecular weight excluding hydrogens is 419 g/mol. The molecule has 1 aliphatic rings. The van der Waals surface area contributed by atoms with E-state index in [1.807, 2.05) is 30.5 Å². The second kappa shape index (κ2) is 8.77. The fourth-order valence-electron chi connectivity index (χ4n) is 3.64. The maximum atomic E-state index is 13.7. The summed E-state index contributed by atoms with van der Waals surface area (Å²) in [6.07, 6.45) is 0.281. The minimum absolute atomic E-state index is 0.111. The van der Waals surface area contributed by atoms with Gasteiger partial charge in [0.15, 0.2) is 18.1 Å². The molecule has 2 amide bonds. The van der Waals surface area contributed by atoms with E-state index in [1.54, 1.807) is 12.1 Å². The zero-order valence-corrected chi connectivity index (χ0v) is 17.6. The lowest BCUT2D eigenvalue weighted by Gasteiger charge is -2.25. The van der Waals surface area contributed by atoms with Crippen molar-refractivity contribution in [3.63, 3.8) is 0 Å². The molecule has 0 spiro atoms. The average Bonchev–Trinajstić information content (AvgIpc) is 3.16. The van der Waals surface area contributed by atoms with Crippen LogP contribution in [0.1, 0.15) is 29.7 Å². The SMILES string of the molecule is CCOc1cc(C2CC(=O)Nc3c(-c4cccc(F)c4)csc32)ccc1OCC(N)=O. The Balaban J connectivity index is 1.72. The Hall–Kier alpha value is -3.39. The number of hydrogen-bond acceptors (Lipinski definition) is 5. The van der Waals surface area contributed by atoms with Gasteiger partial charge in [0.05, 0.1) is 12.3 Å². The Kier molecular flexibility index (Phi) is 5.90. The van der Waals surface area contributed by atoms with Crippen LogP contribution >= 0.6 is 11.3 Å². The Bertz CT molecular complexity index is 1140. The van der Waals surface area contributed by atoms with Crippen molar-refractivity contribution < 1.29 is 23.5 Å². The minimum atomic E-state index is -0.580. The Morgan fingerprint density at radius 1 is 1.23 bits per heavy atom. The highest BCUT2D eigenvalue weighted by molar-refractivity contribution is 7.11. The van der Waals surface area contributed by atoms with Gasteiger partial charge in [0.25, 0.3) is 5.91 Å². The molecule has 1 atom stereocenters. The number of primary amides is 1. The lowest BCUT2D eigenvalue weighted by atomic mass is 9.89. The molecule has 8 heteroatoms. The first-order valence-corrected chi connectivity index (χ1v) is 10.7. The van der Waals surface area contributed by atoms with E-state index in [0.717, 1.165) is 16.0 Å². The third-order valence-electron chi connectivity index (χ3n) is 4.97. The smallest absolute Gasteiger partial charge is 0.255 e. The molecular formula is C23H21FN2O4S. The summed E-state index contributed by atoms with van der Waals surface area (Å²) < 4.78 is 24.9. The van der Waals surface area contributed by atoms with Crippen molar-refractivity contribution in [3.8, 4) is 22.6 Å². The molecule has 0 aliphatic carbocycles. The maximum Gasteiger partial charge on any atom is 0.255 e. The van der Waals surface area contributed by atoms with Crippen LogP contribution in [0.2, 0.25) is 0 Å². The van der Waals surface area contributed by atoms with E-state index in [2.05, 4.69) is 5.32 Å². The molecule has 0 radical (unpaired) electrons. The van der Waals surface area contributed by atoms with Gasteiger partial charge < -0.3 is 20.5 Å². The van der Waals surface area contributed by atoms with E-state index >= 15 is 0 Å². The van der Waals surface area contributed by atoms with Crippen LogP contribution in [-0.4, -0.2) is 25.0 Å². The molecule has 3 N–H and O–H groups in total. The summed E-state index contributed by atoms with van der Waals surface area (Å²) in [6.45, 7) is 2.01. The summed E-state index contributed by atoms with van der Waals surface area (Å²) in [5.41, 5.74) is 8.27. The standard InChI is InChI=1S/C23H21FN2O4S/c1-2-29-19-9-14(6-7-18(19)30-11-20(25)27)16-10-21(28)26-22-17(12-31-23(16)22)13-4-3-5-15(24)8-13/h3-9,12,16H,2,10-11H2,1H3,(H2,25,27)(H,26,28). The molecule has 1 unspecified atom stereocenters. The average molecular weight is 440 g/mol. The van der Waals surface area contributed by atoms with Crippen molar-refractivity contribution in [2.45, 2.75) is 19.3 Å². The van der Waals surface area contributed by atoms with Crippen LogP contribution in [0.5, 0.6) is 11.5 Å². The largest absolute Gasteiger partial charge is 0.490 e. The quantitative estimate of drug-likeness (QED) is 0.573. The summed E-state index contributed by atoms with van der Waals surface area (Å²) in [5.74, 6) is -0.305. The van der Waals surface area contributed by atoms with Crippen LogP contribution in [0, 0.1) is 5.82 Å². The van der Waals surface area contributed by atoms with Gasteiger partial charge in [-0.15, -0.1) is 11.3 Å². The van der Waals surface area contributed by atoms with Gasteiger partial charge in [-0.25, -0.2) is 4.39 Å². The zero-order valence-electron chi connectivity index (χ0n) is 16.8. The molecule has 6 nitrogen and oxygen atoms in total. The van der Waals surface area contributed by atoms with Gasteiger partial charge in [0, 0.05) is 28.2 Å². The third kappa shape index (κ3) is 4.39. The van der Waals surface area contributed by atoms with Crippen molar-refractivity contribution in [3.05, 3.63) is 64.1 Å². The summed E-state index contributed by atoms with van der Waals surface area (Å²) in [4.78, 5) is 24.6. The maximum absolute atomic E-state index is 13.7. The number of carbonyl (C=O) groups excluding carboxylic acids is 2. The highest BCUT2D eigenvalue weighted by Gasteiger charge is 2.31. The predicted molar refractivity (Wildman–Crippen MR) is 117 cm³/mol. The number of fused-ring (bicyclic) bond motifs is 1. The first-order chi connectivity index (χ1) is 15.0. The first kappa shape index (κ1) is 20.9. The number of rotatable bonds is 7. The highest BCUT2D eigenvalue weighted by atomic mass is 32.1. The van der Waals surface area contributed by atoms with Gasteiger partial charge in [-0.3, -0.25) is 9.59 Å². The number of ether oxygens (including phenoxy) is 2. The monoisotopic (exact) mass is 440 g/mol. The van der Waals surface area contributed by atoms with Gasteiger partial charge >= 0.3 is 0 Å². The van der Waals surface area contributed by atoms with Crippen molar-refractivity contribution in [1.29, 1.82) is 0 Å². The van der Waals surface area contributed by atoms with Crippen molar-refractivity contribution in [1.82, 2.24) is 0 Å². The molecule has 1 aromatic heterocycles. The molecule has 160 valence electrons. The fraction of sp³-hybridized carbons (Fsp3) is 0.217. The molecule has 1 aliphatic heterocycles. The van der Waals surface area contributed by atoms with E-state index in [4.69, 9.17) is 15.2 Å². The Labute approximate surface area is 182 Å².